The van der Waals surface area contributed by atoms with E-state index in [0.29, 0.717) is 16.9 Å². The zero-order valence-electron chi connectivity index (χ0n) is 14.6. The van der Waals surface area contributed by atoms with Crippen LogP contribution in [0.4, 0.5) is 0 Å². The second kappa shape index (κ2) is 6.38. The van der Waals surface area contributed by atoms with Crippen LogP contribution in [0.1, 0.15) is 92.4 Å². The molecule has 2 fully saturated rings. The van der Waals surface area contributed by atoms with Crippen LogP contribution in [0.25, 0.3) is 0 Å². The van der Waals surface area contributed by atoms with E-state index in [2.05, 4.69) is 39.9 Å². The minimum Gasteiger partial charge on any atom is -0.310 e. The summed E-state index contributed by atoms with van der Waals surface area (Å²) in [6, 6.07) is 1.43. The summed E-state index contributed by atoms with van der Waals surface area (Å²) in [5.41, 5.74) is 1.08. The summed E-state index contributed by atoms with van der Waals surface area (Å²) < 4.78 is 0. The summed E-state index contributed by atoms with van der Waals surface area (Å²) in [5, 5.41) is 4.03. The molecule has 4 unspecified atom stereocenters. The van der Waals surface area contributed by atoms with Crippen molar-refractivity contribution in [3.8, 4) is 0 Å². The Labute approximate surface area is 127 Å². The minimum atomic E-state index is 0.503. The maximum absolute atomic E-state index is 4.03. The first kappa shape index (κ1) is 16.3. The van der Waals surface area contributed by atoms with Gasteiger partial charge in [0.25, 0.3) is 0 Å². The van der Waals surface area contributed by atoms with Crippen LogP contribution < -0.4 is 5.32 Å². The van der Waals surface area contributed by atoms with E-state index in [1.807, 2.05) is 0 Å². The highest BCUT2D eigenvalue weighted by Crippen LogP contribution is 2.62. The van der Waals surface area contributed by atoms with Crippen LogP contribution in [0.5, 0.6) is 0 Å². The first-order chi connectivity index (χ1) is 9.40. The number of hydrogen-bond donors (Lipinski definition) is 1. The fourth-order valence-electron chi connectivity index (χ4n) is 5.14. The number of unbranched alkanes of at least 4 members (excludes halogenated alkanes) is 4. The lowest BCUT2D eigenvalue weighted by Gasteiger charge is -2.44. The Kier molecular flexibility index (Phi) is 5.21. The quantitative estimate of drug-likeness (QED) is 0.575. The molecule has 2 bridgehead atoms. The number of hydrogen-bond acceptors (Lipinski definition) is 1. The van der Waals surface area contributed by atoms with Gasteiger partial charge in [0.15, 0.2) is 0 Å². The van der Waals surface area contributed by atoms with Crippen molar-refractivity contribution in [2.24, 2.45) is 16.7 Å². The molecule has 2 rings (SSSR count). The van der Waals surface area contributed by atoms with E-state index < -0.39 is 0 Å². The van der Waals surface area contributed by atoms with Gasteiger partial charge in [-0.05, 0) is 49.4 Å². The molecular weight excluding hydrogens is 242 g/mol. The molecule has 2 saturated carbocycles. The van der Waals surface area contributed by atoms with Crippen molar-refractivity contribution in [3.63, 3.8) is 0 Å². The summed E-state index contributed by atoms with van der Waals surface area (Å²) in [4.78, 5) is 0. The van der Waals surface area contributed by atoms with Gasteiger partial charge in [0.05, 0.1) is 0 Å². The lowest BCUT2D eigenvalue weighted by Crippen LogP contribution is -2.53. The zero-order valence-corrected chi connectivity index (χ0v) is 14.6. The van der Waals surface area contributed by atoms with Gasteiger partial charge in [-0.1, -0.05) is 59.8 Å². The van der Waals surface area contributed by atoms with Gasteiger partial charge in [0, 0.05) is 12.1 Å². The smallest absolute Gasteiger partial charge is 0.0177 e. The van der Waals surface area contributed by atoms with Crippen molar-refractivity contribution >= 4 is 0 Å². The fourth-order valence-corrected chi connectivity index (χ4v) is 5.14. The van der Waals surface area contributed by atoms with Crippen molar-refractivity contribution in [2.75, 3.05) is 0 Å². The van der Waals surface area contributed by atoms with Crippen LogP contribution in [0.2, 0.25) is 0 Å². The summed E-state index contributed by atoms with van der Waals surface area (Å²) in [5.74, 6) is 0.960. The highest BCUT2D eigenvalue weighted by atomic mass is 15.0. The lowest BCUT2D eigenvalue weighted by molar-refractivity contribution is 0.0988. The van der Waals surface area contributed by atoms with Crippen LogP contribution in [-0.4, -0.2) is 12.1 Å². The Hall–Kier alpha value is -0.0400. The Morgan fingerprint density at radius 2 is 1.80 bits per heavy atom. The molecule has 0 radical (unpaired) electrons. The zero-order chi connectivity index (χ0) is 14.8. The highest BCUT2D eigenvalue weighted by Gasteiger charge is 2.59. The average molecular weight is 280 g/mol. The molecule has 4 atom stereocenters. The van der Waals surface area contributed by atoms with E-state index in [1.54, 1.807) is 0 Å². The fraction of sp³-hybridized carbons (Fsp3) is 1.00. The van der Waals surface area contributed by atoms with Gasteiger partial charge in [-0.3, -0.25) is 0 Å². The van der Waals surface area contributed by atoms with Crippen LogP contribution in [-0.2, 0) is 0 Å². The normalized spacial score (nSPS) is 36.5. The van der Waals surface area contributed by atoms with Crippen molar-refractivity contribution in [1.29, 1.82) is 0 Å². The maximum atomic E-state index is 4.03. The molecule has 0 aliphatic heterocycles. The van der Waals surface area contributed by atoms with Crippen molar-refractivity contribution < 1.29 is 0 Å². The van der Waals surface area contributed by atoms with Gasteiger partial charge in [0.1, 0.15) is 0 Å². The molecule has 0 saturated heterocycles. The topological polar surface area (TPSA) is 12.0 Å². The third-order valence-electron chi connectivity index (χ3n) is 6.46. The van der Waals surface area contributed by atoms with Crippen LogP contribution in [0.3, 0.4) is 0 Å². The van der Waals surface area contributed by atoms with E-state index in [0.717, 1.165) is 12.0 Å². The molecule has 1 N–H and O–H groups in total. The first-order valence-electron chi connectivity index (χ1n) is 9.16. The molecule has 0 spiro atoms. The monoisotopic (exact) mass is 279 g/mol. The van der Waals surface area contributed by atoms with Gasteiger partial charge in [-0.2, -0.15) is 0 Å². The molecule has 0 aromatic heterocycles. The third kappa shape index (κ3) is 3.24. The Bertz CT molecular complexity index is 304. The largest absolute Gasteiger partial charge is 0.310 e. The van der Waals surface area contributed by atoms with E-state index in [4.69, 9.17) is 0 Å². The SMILES string of the molecule is CCCCCCCC(C)NC1C2(C)CCC(C2)C1(C)C. The predicted molar refractivity (Wildman–Crippen MR) is 89.0 cm³/mol. The molecule has 0 heterocycles. The average Bonchev–Trinajstić information content (AvgIpc) is 2.86. The van der Waals surface area contributed by atoms with E-state index in [-0.39, 0.29) is 0 Å². The Morgan fingerprint density at radius 1 is 1.10 bits per heavy atom. The van der Waals surface area contributed by atoms with Gasteiger partial charge in [-0.15, -0.1) is 0 Å². The molecule has 118 valence electrons. The summed E-state index contributed by atoms with van der Waals surface area (Å²) >= 11 is 0. The summed E-state index contributed by atoms with van der Waals surface area (Å²) in [6.07, 6.45) is 12.8. The van der Waals surface area contributed by atoms with E-state index >= 15 is 0 Å². The van der Waals surface area contributed by atoms with Crippen molar-refractivity contribution in [2.45, 2.75) is 104 Å². The van der Waals surface area contributed by atoms with Crippen LogP contribution in [0.15, 0.2) is 0 Å². The maximum Gasteiger partial charge on any atom is 0.0177 e. The number of fused-ring (bicyclic) bond motifs is 2. The molecule has 20 heavy (non-hydrogen) atoms. The van der Waals surface area contributed by atoms with Crippen molar-refractivity contribution in [3.05, 3.63) is 0 Å². The number of nitrogens with one attached hydrogen (secondary N) is 1. The molecule has 0 aromatic carbocycles. The lowest BCUT2D eigenvalue weighted by atomic mass is 9.68. The van der Waals surface area contributed by atoms with E-state index in [1.165, 1.54) is 57.8 Å². The third-order valence-corrected chi connectivity index (χ3v) is 6.46. The first-order valence-corrected chi connectivity index (χ1v) is 9.16. The highest BCUT2D eigenvalue weighted by molar-refractivity contribution is 5.12. The van der Waals surface area contributed by atoms with Crippen molar-refractivity contribution in [1.82, 2.24) is 5.32 Å². The predicted octanol–water partition coefficient (Wildman–Crippen LogP) is 5.54. The summed E-state index contributed by atoms with van der Waals surface area (Å²) in [6.45, 7) is 12.3. The van der Waals surface area contributed by atoms with Gasteiger partial charge < -0.3 is 5.32 Å². The molecule has 0 amide bonds. The molecular formula is C19H37N. The second-order valence-electron chi connectivity index (χ2n) is 8.62. The Morgan fingerprint density at radius 3 is 2.40 bits per heavy atom. The molecule has 0 aromatic rings. The minimum absolute atomic E-state index is 0.503. The molecule has 2 aliphatic rings. The standard InChI is InChI=1S/C19H37N/c1-6-7-8-9-10-11-15(2)20-17-18(3,4)16-12-13-19(17,5)14-16/h15-17,20H,6-14H2,1-5H3. The van der Waals surface area contributed by atoms with Gasteiger partial charge in [-0.25, -0.2) is 0 Å². The van der Waals surface area contributed by atoms with Gasteiger partial charge >= 0.3 is 0 Å². The molecule has 1 nitrogen and oxygen atoms in total. The Balaban J connectivity index is 1.77. The summed E-state index contributed by atoms with van der Waals surface area (Å²) in [7, 11) is 0. The van der Waals surface area contributed by atoms with Gasteiger partial charge in [0.2, 0.25) is 0 Å². The second-order valence-corrected chi connectivity index (χ2v) is 8.62. The number of rotatable bonds is 8. The van der Waals surface area contributed by atoms with Crippen LogP contribution >= 0.6 is 0 Å². The van der Waals surface area contributed by atoms with E-state index in [9.17, 15) is 0 Å². The van der Waals surface area contributed by atoms with Crippen LogP contribution in [0, 0.1) is 16.7 Å². The molecule has 2 aliphatic carbocycles. The molecule has 1 heteroatoms.